The molecule has 3 fully saturated rings. The van der Waals surface area contributed by atoms with Crippen molar-refractivity contribution in [3.63, 3.8) is 0 Å². The first-order chi connectivity index (χ1) is 21.5. The molecule has 0 aromatic heterocycles. The molecule has 2 heterocycles. The summed E-state index contributed by atoms with van der Waals surface area (Å²) in [6.45, 7) is 2.14. The van der Waals surface area contributed by atoms with Gasteiger partial charge in [-0.1, -0.05) is 12.1 Å². The Morgan fingerprint density at radius 1 is 0.956 bits per heavy atom. The van der Waals surface area contributed by atoms with Crippen LogP contribution in [0.2, 0.25) is 0 Å². The molecule has 11 heteroatoms. The summed E-state index contributed by atoms with van der Waals surface area (Å²) in [6, 6.07) is 12.1. The Labute approximate surface area is 263 Å². The molecule has 242 valence electrons. The Hall–Kier alpha value is -3.28. The van der Waals surface area contributed by atoms with E-state index in [0.717, 1.165) is 38.1 Å². The fourth-order valence-corrected chi connectivity index (χ4v) is 8.64. The van der Waals surface area contributed by atoms with Crippen LogP contribution in [0.3, 0.4) is 0 Å². The number of benzene rings is 3. The summed E-state index contributed by atoms with van der Waals surface area (Å²) < 4.78 is 73.5. The molecule has 2 bridgehead atoms. The maximum atomic E-state index is 16.6. The van der Waals surface area contributed by atoms with Gasteiger partial charge in [0, 0.05) is 30.7 Å². The van der Waals surface area contributed by atoms with Crippen molar-refractivity contribution in [1.82, 2.24) is 9.21 Å². The number of hydrogen-bond acceptors (Lipinski definition) is 6. The number of carbonyl (C=O) groups excluding carboxylic acids is 1. The van der Waals surface area contributed by atoms with Crippen molar-refractivity contribution in [3.8, 4) is 11.5 Å². The van der Waals surface area contributed by atoms with Crippen molar-refractivity contribution in [3.05, 3.63) is 66.2 Å². The molecule has 1 aliphatic carbocycles. The minimum atomic E-state index is -4.55. The van der Waals surface area contributed by atoms with Gasteiger partial charge in [0.25, 0.3) is 5.92 Å². The number of rotatable bonds is 10. The van der Waals surface area contributed by atoms with E-state index in [-0.39, 0.29) is 29.1 Å². The van der Waals surface area contributed by atoms with Crippen molar-refractivity contribution in [1.29, 1.82) is 0 Å². The van der Waals surface area contributed by atoms with E-state index in [9.17, 15) is 13.2 Å². The van der Waals surface area contributed by atoms with E-state index in [1.807, 2.05) is 6.07 Å². The highest BCUT2D eigenvalue weighted by Crippen LogP contribution is 2.42. The van der Waals surface area contributed by atoms with Gasteiger partial charge >= 0.3 is 0 Å². The second-order valence-corrected chi connectivity index (χ2v) is 14.6. The van der Waals surface area contributed by atoms with Crippen LogP contribution in [0.1, 0.15) is 63.9 Å². The number of halogens is 2. The number of hydrogen-bond donors (Lipinski definition) is 1. The Morgan fingerprint density at radius 2 is 1.56 bits per heavy atom. The van der Waals surface area contributed by atoms with Gasteiger partial charge in [-0.2, -0.15) is 13.1 Å². The van der Waals surface area contributed by atoms with Crippen molar-refractivity contribution < 1.29 is 31.5 Å². The van der Waals surface area contributed by atoms with Gasteiger partial charge in [0.05, 0.1) is 17.6 Å². The van der Waals surface area contributed by atoms with Gasteiger partial charge in [0.15, 0.2) is 6.04 Å². The highest BCUT2D eigenvalue weighted by molar-refractivity contribution is 7.89. The number of likely N-dealkylation sites (N-methyl/N-ethyl adjacent to an activating group) is 1. The van der Waals surface area contributed by atoms with E-state index in [4.69, 9.17) is 15.2 Å². The molecule has 3 aromatic carbocycles. The number of nitrogens with zero attached hydrogens (tertiary/aromatic N) is 2. The van der Waals surface area contributed by atoms with Crippen LogP contribution in [-0.2, 0) is 20.7 Å². The lowest BCUT2D eigenvalue weighted by molar-refractivity contribution is -0.154. The second kappa shape index (κ2) is 12.5. The van der Waals surface area contributed by atoms with Crippen LogP contribution >= 0.6 is 0 Å². The van der Waals surface area contributed by atoms with E-state index in [2.05, 4.69) is 0 Å². The highest BCUT2D eigenvalue weighted by Gasteiger charge is 2.56. The minimum absolute atomic E-state index is 0.125. The molecule has 3 aromatic rings. The summed E-state index contributed by atoms with van der Waals surface area (Å²) in [5.41, 5.74) is 5.73. The van der Waals surface area contributed by atoms with E-state index in [0.29, 0.717) is 53.5 Å². The number of ether oxygens (including phenoxy) is 2. The predicted molar refractivity (Wildman–Crippen MR) is 168 cm³/mol. The average Bonchev–Trinajstić information content (AvgIpc) is 3.62. The van der Waals surface area contributed by atoms with Crippen LogP contribution in [0.15, 0.2) is 65.6 Å². The lowest BCUT2D eigenvalue weighted by atomic mass is 9.94. The molecule has 2 saturated heterocycles. The van der Waals surface area contributed by atoms with Gasteiger partial charge in [0.2, 0.25) is 15.9 Å². The number of alkyl halides is 2. The number of piperidine rings is 1. The average molecular weight is 642 g/mol. The van der Waals surface area contributed by atoms with Gasteiger partial charge < -0.3 is 20.1 Å². The van der Waals surface area contributed by atoms with Gasteiger partial charge in [-0.25, -0.2) is 8.42 Å². The first-order valence-electron chi connectivity index (χ1n) is 15.9. The third-order valence-corrected chi connectivity index (χ3v) is 11.4. The largest absolute Gasteiger partial charge is 0.494 e. The smallest absolute Gasteiger partial charge is 0.298 e. The van der Waals surface area contributed by atoms with Crippen LogP contribution in [0.5, 0.6) is 11.5 Å². The van der Waals surface area contributed by atoms with Gasteiger partial charge in [0.1, 0.15) is 11.5 Å². The number of amides is 1. The molecule has 45 heavy (non-hydrogen) atoms. The molecule has 3 unspecified atom stereocenters. The standard InChI is InChI=1S/C34H41F2N3O5S/c1-3-43-28-15-10-24(11-16-28)34(35,36)32(33(40)39-26-12-13-27(39)21-25(37)20-26)38(2)45(41,42)31-17-9-22-18-30(14-8-23(22)19-31)44-29-6-4-5-7-29/h8-11,14-19,25-27,29,32H,3-7,12-13,20-21,37H2,1-2H3. The number of carbonyl (C=O) groups is 1. The molecular formula is C34H41F2N3O5S. The molecule has 3 atom stereocenters. The third-order valence-electron chi connectivity index (χ3n) is 9.58. The maximum Gasteiger partial charge on any atom is 0.298 e. The Balaban J connectivity index is 1.35. The lowest BCUT2D eigenvalue weighted by Crippen LogP contribution is -2.61. The first kappa shape index (κ1) is 31.7. The molecule has 3 aliphatic rings. The molecule has 8 nitrogen and oxygen atoms in total. The van der Waals surface area contributed by atoms with E-state index in [1.54, 1.807) is 25.1 Å². The number of nitrogens with two attached hydrogens (primary N) is 1. The minimum Gasteiger partial charge on any atom is -0.494 e. The van der Waals surface area contributed by atoms with Crippen LogP contribution in [0.25, 0.3) is 10.8 Å². The van der Waals surface area contributed by atoms with Gasteiger partial charge in [-0.05, 0) is 118 Å². The number of fused-ring (bicyclic) bond motifs is 3. The fraction of sp³-hybridized carbons (Fsp3) is 0.500. The van der Waals surface area contributed by atoms with Crippen LogP contribution in [0.4, 0.5) is 8.78 Å². The number of sulfonamides is 1. The van der Waals surface area contributed by atoms with Crippen molar-refractivity contribution in [2.24, 2.45) is 5.73 Å². The summed E-state index contributed by atoms with van der Waals surface area (Å²) in [6.07, 6.45) is 6.77. The van der Waals surface area contributed by atoms with E-state index in [1.165, 1.54) is 41.3 Å². The summed E-state index contributed by atoms with van der Waals surface area (Å²) in [4.78, 5) is 15.5. The molecule has 6 rings (SSSR count). The normalized spacial score (nSPS) is 23.1. The Kier molecular flexibility index (Phi) is 8.80. The summed E-state index contributed by atoms with van der Waals surface area (Å²) in [5, 5.41) is 1.38. The SMILES string of the molecule is CCOc1ccc(C(F)(F)C(C(=O)N2C3CCC2CC(N)C3)N(C)S(=O)(=O)c2ccc3cc(OC4CCCC4)ccc3c2)cc1. The zero-order valence-electron chi connectivity index (χ0n) is 25.7. The van der Waals surface area contributed by atoms with Crippen molar-refractivity contribution in [2.75, 3.05) is 13.7 Å². The Bertz CT molecular complexity index is 1630. The van der Waals surface area contributed by atoms with E-state index >= 15 is 8.78 Å². The quantitative estimate of drug-likeness (QED) is 0.299. The monoisotopic (exact) mass is 641 g/mol. The summed E-state index contributed by atoms with van der Waals surface area (Å²) >= 11 is 0. The molecule has 2 N–H and O–H groups in total. The Morgan fingerprint density at radius 3 is 2.20 bits per heavy atom. The first-order valence-corrected chi connectivity index (χ1v) is 17.3. The van der Waals surface area contributed by atoms with E-state index < -0.39 is 33.5 Å². The highest BCUT2D eigenvalue weighted by atomic mass is 32.2. The second-order valence-electron chi connectivity index (χ2n) is 12.6. The zero-order valence-corrected chi connectivity index (χ0v) is 26.5. The summed E-state index contributed by atoms with van der Waals surface area (Å²) in [7, 11) is -3.48. The topological polar surface area (TPSA) is 102 Å². The molecule has 0 radical (unpaired) electrons. The molecule has 1 saturated carbocycles. The zero-order chi connectivity index (χ0) is 31.9. The van der Waals surface area contributed by atoms with Crippen LogP contribution in [-0.4, -0.2) is 67.5 Å². The van der Waals surface area contributed by atoms with Crippen LogP contribution < -0.4 is 15.2 Å². The van der Waals surface area contributed by atoms with Crippen molar-refractivity contribution >= 4 is 26.7 Å². The molecular weight excluding hydrogens is 600 g/mol. The molecule has 2 aliphatic heterocycles. The van der Waals surface area contributed by atoms with Crippen LogP contribution in [0, 0.1) is 0 Å². The summed E-state index contributed by atoms with van der Waals surface area (Å²) in [5.74, 6) is -3.66. The maximum absolute atomic E-state index is 16.6. The van der Waals surface area contributed by atoms with Crippen molar-refractivity contribution in [2.45, 2.75) is 99.4 Å². The van der Waals surface area contributed by atoms with Gasteiger partial charge in [-0.15, -0.1) is 0 Å². The lowest BCUT2D eigenvalue weighted by Gasteiger charge is -2.42. The fourth-order valence-electron chi connectivity index (χ4n) is 7.30. The predicted octanol–water partition coefficient (Wildman–Crippen LogP) is 5.82. The molecule has 1 amide bonds. The van der Waals surface area contributed by atoms with Gasteiger partial charge in [-0.3, -0.25) is 4.79 Å². The third kappa shape index (κ3) is 6.14. The molecule has 0 spiro atoms.